The third kappa shape index (κ3) is 5.21. The topological polar surface area (TPSA) is 66.5 Å². The van der Waals surface area contributed by atoms with Gasteiger partial charge in [-0.3, -0.25) is 9.69 Å². The Morgan fingerprint density at radius 3 is 2.61 bits per heavy atom. The Labute approximate surface area is 193 Å². The number of fused-ring (bicyclic) bond motifs is 1. The van der Waals surface area contributed by atoms with Gasteiger partial charge in [0.15, 0.2) is 0 Å². The van der Waals surface area contributed by atoms with Crippen LogP contribution in [0.25, 0.3) is 22.2 Å². The second kappa shape index (κ2) is 9.95. The fourth-order valence-corrected chi connectivity index (χ4v) is 4.56. The minimum Gasteiger partial charge on any atom is -0.379 e. The van der Waals surface area contributed by atoms with Gasteiger partial charge in [0.2, 0.25) is 0 Å². The molecule has 2 saturated heterocycles. The first-order chi connectivity index (χ1) is 16.2. The van der Waals surface area contributed by atoms with Crippen molar-refractivity contribution in [2.45, 2.75) is 25.4 Å². The maximum Gasteiger partial charge on any atom is 0.252 e. The lowest BCUT2D eigenvalue weighted by atomic mass is 10.0. The number of nitrogens with one attached hydrogen (secondary N) is 2. The number of ether oxygens (including phenoxy) is 1. The molecule has 3 aromatic rings. The largest absolute Gasteiger partial charge is 0.379 e. The van der Waals surface area contributed by atoms with Crippen molar-refractivity contribution in [3.05, 3.63) is 65.5 Å². The lowest BCUT2D eigenvalue weighted by molar-refractivity contribution is 0.0342. The first-order valence-electron chi connectivity index (χ1n) is 11.7. The number of nitrogens with zero attached hydrogens (tertiary/aromatic N) is 2. The van der Waals surface area contributed by atoms with Crippen LogP contribution in [0.1, 0.15) is 28.8 Å². The molecule has 6 nitrogen and oxygen atoms in total. The summed E-state index contributed by atoms with van der Waals surface area (Å²) in [6.07, 6.45) is 1.78. The van der Waals surface area contributed by atoms with E-state index >= 15 is 0 Å². The Morgan fingerprint density at radius 1 is 1.09 bits per heavy atom. The Kier molecular flexibility index (Phi) is 6.62. The Balaban J connectivity index is 1.43. The Bertz CT molecular complexity index is 1120. The molecule has 0 atom stereocenters. The van der Waals surface area contributed by atoms with Crippen molar-refractivity contribution in [1.29, 1.82) is 0 Å². The molecule has 0 bridgehead atoms. The van der Waals surface area contributed by atoms with Crippen LogP contribution in [0.15, 0.2) is 48.5 Å². The smallest absolute Gasteiger partial charge is 0.252 e. The second-order valence-electron chi connectivity index (χ2n) is 8.80. The molecule has 0 unspecified atom stereocenters. The quantitative estimate of drug-likeness (QED) is 0.627. The van der Waals surface area contributed by atoms with Crippen LogP contribution in [0, 0.1) is 5.82 Å². The molecule has 0 saturated carbocycles. The number of amides is 1. The van der Waals surface area contributed by atoms with Gasteiger partial charge in [0.25, 0.3) is 5.91 Å². The number of hydrogen-bond donors (Lipinski definition) is 2. The summed E-state index contributed by atoms with van der Waals surface area (Å²) in [5, 5.41) is 6.98. The van der Waals surface area contributed by atoms with Crippen molar-refractivity contribution in [1.82, 2.24) is 20.5 Å². The zero-order valence-corrected chi connectivity index (χ0v) is 18.6. The third-order valence-corrected chi connectivity index (χ3v) is 6.45. The summed E-state index contributed by atoms with van der Waals surface area (Å²) >= 11 is 0. The van der Waals surface area contributed by atoms with E-state index < -0.39 is 0 Å². The molecule has 2 N–H and O–H groups in total. The molecule has 5 rings (SSSR count). The van der Waals surface area contributed by atoms with Gasteiger partial charge in [-0.15, -0.1) is 0 Å². The molecule has 33 heavy (non-hydrogen) atoms. The molecule has 2 aromatic carbocycles. The summed E-state index contributed by atoms with van der Waals surface area (Å²) < 4.78 is 19.4. The van der Waals surface area contributed by atoms with Crippen molar-refractivity contribution in [2.24, 2.45) is 0 Å². The Hall–Kier alpha value is -2.87. The SMILES string of the molecule is O=C(NC1CCNCC1)c1cc(-c2ccc(CN3CCOCC3)cc2)nc2ccc(F)cc12. The van der Waals surface area contributed by atoms with Gasteiger partial charge in [-0.2, -0.15) is 0 Å². The predicted molar refractivity (Wildman–Crippen MR) is 127 cm³/mol. The number of halogens is 1. The van der Waals surface area contributed by atoms with Gasteiger partial charge in [-0.05, 0) is 55.8 Å². The van der Waals surface area contributed by atoms with Crippen molar-refractivity contribution in [2.75, 3.05) is 39.4 Å². The van der Waals surface area contributed by atoms with Crippen molar-refractivity contribution in [3.63, 3.8) is 0 Å². The number of rotatable bonds is 5. The van der Waals surface area contributed by atoms with Crippen LogP contribution < -0.4 is 10.6 Å². The molecule has 0 aliphatic carbocycles. The van der Waals surface area contributed by atoms with Crippen LogP contribution in [0.4, 0.5) is 4.39 Å². The Morgan fingerprint density at radius 2 is 1.85 bits per heavy atom. The molecule has 1 amide bonds. The summed E-state index contributed by atoms with van der Waals surface area (Å²) in [5.74, 6) is -0.550. The fraction of sp³-hybridized carbons (Fsp3) is 0.385. The molecule has 0 spiro atoms. The number of benzene rings is 2. The molecular weight excluding hydrogens is 419 g/mol. The first kappa shape index (κ1) is 21.9. The highest BCUT2D eigenvalue weighted by Crippen LogP contribution is 2.26. The predicted octanol–water partition coefficient (Wildman–Crippen LogP) is 3.35. The molecule has 2 aliphatic rings. The van der Waals surface area contributed by atoms with Gasteiger partial charge in [-0.1, -0.05) is 24.3 Å². The number of carbonyl (C=O) groups is 1. The monoisotopic (exact) mass is 448 g/mol. The number of pyridine rings is 1. The lowest BCUT2D eigenvalue weighted by Gasteiger charge is -2.26. The number of morpholine rings is 1. The van der Waals surface area contributed by atoms with E-state index in [0.717, 1.165) is 64.3 Å². The number of carbonyl (C=O) groups excluding carboxylic acids is 1. The standard InChI is InChI=1S/C26H29FN4O2/c27-20-5-6-24-22(15-20)23(26(32)29-21-7-9-28-10-8-21)16-25(30-24)19-3-1-18(2-4-19)17-31-11-13-33-14-12-31/h1-6,15-16,21,28H,7-14,17H2,(H,29,32). The average Bonchev–Trinajstić information content (AvgIpc) is 2.85. The van der Waals surface area contributed by atoms with Crippen molar-refractivity contribution < 1.29 is 13.9 Å². The zero-order chi connectivity index (χ0) is 22.6. The molecule has 2 fully saturated rings. The van der Waals surface area contributed by atoms with Gasteiger partial charge in [0.1, 0.15) is 5.82 Å². The van der Waals surface area contributed by atoms with Gasteiger partial charge in [-0.25, -0.2) is 9.37 Å². The summed E-state index contributed by atoms with van der Waals surface area (Å²) in [7, 11) is 0. The van der Waals surface area contributed by atoms with Crippen LogP contribution >= 0.6 is 0 Å². The van der Waals surface area contributed by atoms with E-state index in [1.807, 2.05) is 12.1 Å². The first-order valence-corrected chi connectivity index (χ1v) is 11.7. The number of hydrogen-bond acceptors (Lipinski definition) is 5. The summed E-state index contributed by atoms with van der Waals surface area (Å²) in [6.45, 7) is 6.11. The van der Waals surface area contributed by atoms with Crippen LogP contribution in [0.2, 0.25) is 0 Å². The second-order valence-corrected chi connectivity index (χ2v) is 8.80. The van der Waals surface area contributed by atoms with Gasteiger partial charge in [0, 0.05) is 36.6 Å². The van der Waals surface area contributed by atoms with Crippen molar-refractivity contribution in [3.8, 4) is 11.3 Å². The maximum atomic E-state index is 14.0. The van der Waals surface area contributed by atoms with Crippen LogP contribution in [-0.2, 0) is 11.3 Å². The van der Waals surface area contributed by atoms with E-state index in [4.69, 9.17) is 9.72 Å². The van der Waals surface area contributed by atoms with Gasteiger partial charge < -0.3 is 15.4 Å². The minimum atomic E-state index is -0.375. The molecule has 7 heteroatoms. The van der Waals surface area contributed by atoms with E-state index in [-0.39, 0.29) is 17.8 Å². The van der Waals surface area contributed by atoms with E-state index in [9.17, 15) is 9.18 Å². The van der Waals surface area contributed by atoms with E-state index in [1.54, 1.807) is 12.1 Å². The fourth-order valence-electron chi connectivity index (χ4n) is 4.56. The van der Waals surface area contributed by atoms with E-state index in [1.165, 1.54) is 17.7 Å². The molecular formula is C26H29FN4O2. The highest BCUT2D eigenvalue weighted by molar-refractivity contribution is 6.07. The number of piperidine rings is 1. The van der Waals surface area contributed by atoms with Gasteiger partial charge >= 0.3 is 0 Å². The van der Waals surface area contributed by atoms with E-state index in [0.29, 0.717) is 22.2 Å². The highest BCUT2D eigenvalue weighted by Gasteiger charge is 2.20. The maximum absolute atomic E-state index is 14.0. The van der Waals surface area contributed by atoms with Crippen LogP contribution in [-0.4, -0.2) is 61.2 Å². The third-order valence-electron chi connectivity index (χ3n) is 6.45. The van der Waals surface area contributed by atoms with Gasteiger partial charge in [0.05, 0.1) is 30.0 Å². The average molecular weight is 449 g/mol. The lowest BCUT2D eigenvalue weighted by Crippen LogP contribution is -2.42. The number of aromatic nitrogens is 1. The van der Waals surface area contributed by atoms with Crippen molar-refractivity contribution >= 4 is 16.8 Å². The molecule has 3 heterocycles. The molecule has 2 aliphatic heterocycles. The minimum absolute atomic E-state index is 0.124. The highest BCUT2D eigenvalue weighted by atomic mass is 19.1. The summed E-state index contributed by atoms with van der Waals surface area (Å²) in [4.78, 5) is 20.3. The van der Waals surface area contributed by atoms with E-state index in [2.05, 4.69) is 27.7 Å². The molecule has 172 valence electrons. The van der Waals surface area contributed by atoms with Crippen LogP contribution in [0.3, 0.4) is 0 Å². The summed E-state index contributed by atoms with van der Waals surface area (Å²) in [6, 6.07) is 14.6. The molecule has 1 aromatic heterocycles. The molecule has 0 radical (unpaired) electrons. The summed E-state index contributed by atoms with van der Waals surface area (Å²) in [5.41, 5.74) is 3.95. The zero-order valence-electron chi connectivity index (χ0n) is 18.6. The normalized spacial score (nSPS) is 17.8. The van der Waals surface area contributed by atoms with Crippen LogP contribution in [0.5, 0.6) is 0 Å².